The minimum Gasteiger partial charge on any atom is -0.0876 e. The summed E-state index contributed by atoms with van der Waals surface area (Å²) >= 11 is 7.06. The summed E-state index contributed by atoms with van der Waals surface area (Å²) in [5.74, 6) is 0. The van der Waals surface area contributed by atoms with Crippen molar-refractivity contribution in [3.05, 3.63) is 33.9 Å². The van der Waals surface area contributed by atoms with E-state index in [1.165, 1.54) is 27.8 Å². The minimum absolute atomic E-state index is 0.940. The van der Waals surface area contributed by atoms with Crippen molar-refractivity contribution < 1.29 is 0 Å². The van der Waals surface area contributed by atoms with Crippen LogP contribution in [0.4, 0.5) is 0 Å². The Hall–Kier alpha value is 0.180. The second-order valence-electron chi connectivity index (χ2n) is 3.35. The number of rotatable bonds is 2. The number of aryl methyl sites for hydroxylation is 1. The van der Waals surface area contributed by atoms with Gasteiger partial charge in [0.2, 0.25) is 0 Å². The molecule has 0 bridgehead atoms. The van der Waals surface area contributed by atoms with Crippen LogP contribution in [0, 0.1) is 20.8 Å². The lowest BCUT2D eigenvalue weighted by Crippen LogP contribution is -1.98. The number of hydrogen-bond donors (Lipinski definition) is 0. The zero-order valence-corrected chi connectivity index (χ0v) is 11.4. The summed E-state index contributed by atoms with van der Waals surface area (Å²) in [6.07, 6.45) is 0. The van der Waals surface area contributed by atoms with Gasteiger partial charge >= 0.3 is 0 Å². The van der Waals surface area contributed by atoms with Gasteiger partial charge in [0, 0.05) is 10.7 Å². The van der Waals surface area contributed by atoms with Gasteiger partial charge in [0.05, 0.1) is 0 Å². The van der Waals surface area contributed by atoms with E-state index in [0.717, 1.165) is 10.7 Å². The fourth-order valence-electron chi connectivity index (χ4n) is 1.52. The van der Waals surface area contributed by atoms with E-state index in [0.29, 0.717) is 0 Å². The first-order valence-corrected chi connectivity index (χ1v) is 6.56. The van der Waals surface area contributed by atoms with Gasteiger partial charge in [-0.1, -0.05) is 37.9 Å². The molecule has 1 aromatic rings. The van der Waals surface area contributed by atoms with Crippen molar-refractivity contribution in [1.82, 2.24) is 0 Å². The van der Waals surface area contributed by atoms with Crippen LogP contribution in [-0.2, 0) is 10.7 Å². The average Bonchev–Trinajstić information content (AvgIpc) is 2.13. The average molecular weight is 306 g/mol. The molecule has 0 aromatic heterocycles. The summed E-state index contributed by atoms with van der Waals surface area (Å²) < 4.78 is 0. The standard InChI is InChI=1S/C11H14Br2/c1-7-4-10(5-12)11(6-13)9(3)8(7)2/h4H,5-6H2,1-3H3. The lowest BCUT2D eigenvalue weighted by molar-refractivity contribution is 1.16. The third kappa shape index (κ3) is 2.16. The predicted octanol–water partition coefficient (Wildman–Crippen LogP) is 4.40. The quantitative estimate of drug-likeness (QED) is 0.710. The zero-order valence-electron chi connectivity index (χ0n) is 8.25. The molecule has 1 aromatic carbocycles. The number of hydrogen-bond acceptors (Lipinski definition) is 0. The first kappa shape index (κ1) is 11.3. The Bertz CT molecular complexity index is 316. The van der Waals surface area contributed by atoms with Gasteiger partial charge in [0.25, 0.3) is 0 Å². The Balaban J connectivity index is 3.39. The molecule has 1 rings (SSSR count). The SMILES string of the molecule is Cc1cc(CBr)c(CBr)c(C)c1C. The van der Waals surface area contributed by atoms with Crippen LogP contribution in [0.5, 0.6) is 0 Å². The highest BCUT2D eigenvalue weighted by atomic mass is 79.9. The van der Waals surface area contributed by atoms with Crippen molar-refractivity contribution in [3.63, 3.8) is 0 Å². The first-order chi connectivity index (χ1) is 6.11. The maximum Gasteiger partial charge on any atom is 0.0288 e. The van der Waals surface area contributed by atoms with Gasteiger partial charge in [-0.15, -0.1) is 0 Å². The molecule has 2 heteroatoms. The van der Waals surface area contributed by atoms with Crippen molar-refractivity contribution in [2.75, 3.05) is 0 Å². The lowest BCUT2D eigenvalue weighted by Gasteiger charge is -2.13. The van der Waals surface area contributed by atoms with Crippen LogP contribution >= 0.6 is 31.9 Å². The van der Waals surface area contributed by atoms with E-state index in [2.05, 4.69) is 58.7 Å². The van der Waals surface area contributed by atoms with Gasteiger partial charge in [-0.05, 0) is 48.6 Å². The maximum atomic E-state index is 3.54. The van der Waals surface area contributed by atoms with Crippen LogP contribution in [0.2, 0.25) is 0 Å². The van der Waals surface area contributed by atoms with Gasteiger partial charge in [0.1, 0.15) is 0 Å². The van der Waals surface area contributed by atoms with E-state index in [4.69, 9.17) is 0 Å². The molecule has 0 N–H and O–H groups in total. The van der Waals surface area contributed by atoms with E-state index in [1.807, 2.05) is 0 Å². The van der Waals surface area contributed by atoms with Crippen LogP contribution in [0.25, 0.3) is 0 Å². The van der Waals surface area contributed by atoms with Crippen LogP contribution in [0.3, 0.4) is 0 Å². The third-order valence-corrected chi connectivity index (χ3v) is 3.83. The monoisotopic (exact) mass is 304 g/mol. The molecule has 0 unspecified atom stereocenters. The van der Waals surface area contributed by atoms with E-state index < -0.39 is 0 Å². The Morgan fingerprint density at radius 1 is 1.00 bits per heavy atom. The van der Waals surface area contributed by atoms with Crippen molar-refractivity contribution in [3.8, 4) is 0 Å². The van der Waals surface area contributed by atoms with Gasteiger partial charge < -0.3 is 0 Å². The summed E-state index contributed by atoms with van der Waals surface area (Å²) in [4.78, 5) is 0. The molecule has 72 valence electrons. The van der Waals surface area contributed by atoms with Crippen LogP contribution in [-0.4, -0.2) is 0 Å². The van der Waals surface area contributed by atoms with E-state index in [1.54, 1.807) is 0 Å². The lowest BCUT2D eigenvalue weighted by atomic mass is 9.95. The fourth-order valence-corrected chi connectivity index (χ4v) is 2.81. The second kappa shape index (κ2) is 4.61. The van der Waals surface area contributed by atoms with Gasteiger partial charge in [-0.3, -0.25) is 0 Å². The van der Waals surface area contributed by atoms with Gasteiger partial charge in [0.15, 0.2) is 0 Å². The van der Waals surface area contributed by atoms with Crippen molar-refractivity contribution >= 4 is 31.9 Å². The summed E-state index contributed by atoms with van der Waals surface area (Å²) in [6.45, 7) is 6.56. The summed E-state index contributed by atoms with van der Waals surface area (Å²) in [7, 11) is 0. The molecule has 0 fully saturated rings. The van der Waals surface area contributed by atoms with Crippen LogP contribution in [0.15, 0.2) is 6.07 Å². The highest BCUT2D eigenvalue weighted by Crippen LogP contribution is 2.25. The van der Waals surface area contributed by atoms with Gasteiger partial charge in [-0.25, -0.2) is 0 Å². The molecule has 0 radical (unpaired) electrons. The Morgan fingerprint density at radius 2 is 1.62 bits per heavy atom. The Morgan fingerprint density at radius 3 is 2.08 bits per heavy atom. The van der Waals surface area contributed by atoms with Crippen LogP contribution in [0.1, 0.15) is 27.8 Å². The van der Waals surface area contributed by atoms with Gasteiger partial charge in [-0.2, -0.15) is 0 Å². The molecule has 0 aliphatic heterocycles. The second-order valence-corrected chi connectivity index (χ2v) is 4.47. The summed E-state index contributed by atoms with van der Waals surface area (Å²) in [6, 6.07) is 2.27. The zero-order chi connectivity index (χ0) is 10.0. The van der Waals surface area contributed by atoms with Crippen LogP contribution < -0.4 is 0 Å². The number of benzene rings is 1. The van der Waals surface area contributed by atoms with Crippen molar-refractivity contribution in [1.29, 1.82) is 0 Å². The molecule has 0 spiro atoms. The molecule has 0 aliphatic carbocycles. The van der Waals surface area contributed by atoms with E-state index in [9.17, 15) is 0 Å². The van der Waals surface area contributed by atoms with E-state index in [-0.39, 0.29) is 0 Å². The number of alkyl halides is 2. The predicted molar refractivity (Wildman–Crippen MR) is 65.9 cm³/mol. The normalized spacial score (nSPS) is 10.5. The molecular weight excluding hydrogens is 292 g/mol. The number of halogens is 2. The molecule has 0 aliphatic rings. The van der Waals surface area contributed by atoms with E-state index >= 15 is 0 Å². The Labute approximate surface area is 97.0 Å². The molecule has 0 atom stereocenters. The largest absolute Gasteiger partial charge is 0.0876 e. The molecule has 0 saturated carbocycles. The maximum absolute atomic E-state index is 3.54. The highest BCUT2D eigenvalue weighted by Gasteiger charge is 2.08. The minimum atomic E-state index is 0.940. The fraction of sp³-hybridized carbons (Fsp3) is 0.455. The van der Waals surface area contributed by atoms with Crippen molar-refractivity contribution in [2.45, 2.75) is 31.4 Å². The highest BCUT2D eigenvalue weighted by molar-refractivity contribution is 9.09. The smallest absolute Gasteiger partial charge is 0.0288 e. The molecule has 13 heavy (non-hydrogen) atoms. The summed E-state index contributed by atoms with van der Waals surface area (Å²) in [5, 5.41) is 1.89. The molecule has 0 saturated heterocycles. The topological polar surface area (TPSA) is 0 Å². The Kier molecular flexibility index (Phi) is 3.99. The summed E-state index contributed by atoms with van der Waals surface area (Å²) in [5.41, 5.74) is 7.06. The molecular formula is C11H14Br2. The first-order valence-electron chi connectivity index (χ1n) is 4.32. The third-order valence-electron chi connectivity index (χ3n) is 2.66. The van der Waals surface area contributed by atoms with Crippen molar-refractivity contribution in [2.24, 2.45) is 0 Å². The molecule has 0 nitrogen and oxygen atoms in total. The molecule has 0 amide bonds. The molecule has 0 heterocycles.